The molecular formula is C18H24N4O3. The summed E-state index contributed by atoms with van der Waals surface area (Å²) >= 11 is 0. The Hall–Kier alpha value is -2.83. The fourth-order valence-corrected chi connectivity index (χ4v) is 2.63. The lowest BCUT2D eigenvalue weighted by Gasteiger charge is -2.21. The first kappa shape index (κ1) is 18.5. The zero-order valence-electron chi connectivity index (χ0n) is 14.3. The molecule has 1 heterocycles. The number of nitrogens with zero attached hydrogens (tertiary/aromatic N) is 2. The monoisotopic (exact) mass is 344 g/mol. The summed E-state index contributed by atoms with van der Waals surface area (Å²) in [5, 5.41) is 14.7. The number of carboxylic acid groups (broad SMARTS) is 1. The third kappa shape index (κ3) is 7.07. The highest BCUT2D eigenvalue weighted by atomic mass is 16.4. The minimum atomic E-state index is -0.867. The minimum Gasteiger partial charge on any atom is -0.481 e. The van der Waals surface area contributed by atoms with E-state index in [1.54, 1.807) is 12.5 Å². The predicted octanol–water partition coefficient (Wildman–Crippen LogP) is 2.05. The smallest absolute Gasteiger partial charge is 0.315 e. The molecule has 134 valence electrons. The van der Waals surface area contributed by atoms with Crippen molar-refractivity contribution in [2.75, 3.05) is 0 Å². The number of carboxylic acids is 1. The van der Waals surface area contributed by atoms with Crippen LogP contribution in [0.5, 0.6) is 0 Å². The molecule has 0 aliphatic rings. The second-order valence-electron chi connectivity index (χ2n) is 6.10. The van der Waals surface area contributed by atoms with E-state index in [1.165, 1.54) is 0 Å². The Bertz CT molecular complexity index is 658. The largest absolute Gasteiger partial charge is 0.481 e. The molecule has 2 amide bonds. The number of hydrogen-bond donors (Lipinski definition) is 3. The second-order valence-corrected chi connectivity index (χ2v) is 6.10. The van der Waals surface area contributed by atoms with Crippen LogP contribution in [-0.2, 0) is 17.8 Å². The van der Waals surface area contributed by atoms with E-state index in [2.05, 4.69) is 15.6 Å². The molecule has 0 aliphatic heterocycles. The van der Waals surface area contributed by atoms with Crippen molar-refractivity contribution < 1.29 is 14.7 Å². The average Bonchev–Trinajstić information content (AvgIpc) is 3.06. The van der Waals surface area contributed by atoms with Crippen LogP contribution in [0.4, 0.5) is 4.79 Å². The summed E-state index contributed by atoms with van der Waals surface area (Å²) in [5.74, 6) is -0.867. The van der Waals surface area contributed by atoms with Gasteiger partial charge in [-0.25, -0.2) is 9.78 Å². The summed E-state index contributed by atoms with van der Waals surface area (Å²) in [5.41, 5.74) is 1.06. The van der Waals surface area contributed by atoms with Crippen LogP contribution in [-0.4, -0.2) is 38.7 Å². The van der Waals surface area contributed by atoms with E-state index in [0.717, 1.165) is 5.56 Å². The Labute approximate surface area is 147 Å². The number of aliphatic carboxylic acids is 1. The molecule has 0 bridgehead atoms. The number of nitrogens with one attached hydrogen (secondary N) is 2. The lowest BCUT2D eigenvalue weighted by Crippen LogP contribution is -2.47. The molecule has 0 spiro atoms. The lowest BCUT2D eigenvalue weighted by atomic mass is 10.0. The van der Waals surface area contributed by atoms with Crippen LogP contribution in [0.25, 0.3) is 0 Å². The normalized spacial score (nSPS) is 13.0. The number of imidazole rings is 1. The fourth-order valence-electron chi connectivity index (χ4n) is 2.63. The van der Waals surface area contributed by atoms with Crippen LogP contribution in [0.1, 0.15) is 25.3 Å². The number of amides is 2. The topological polar surface area (TPSA) is 96.3 Å². The first-order chi connectivity index (χ1) is 12.0. The summed E-state index contributed by atoms with van der Waals surface area (Å²) in [6, 6.07) is 9.11. The van der Waals surface area contributed by atoms with Gasteiger partial charge in [-0.3, -0.25) is 4.79 Å². The molecule has 1 aromatic heterocycles. The summed E-state index contributed by atoms with van der Waals surface area (Å²) in [6.07, 6.45) is 6.21. The summed E-state index contributed by atoms with van der Waals surface area (Å²) in [4.78, 5) is 27.1. The first-order valence-electron chi connectivity index (χ1n) is 8.31. The summed E-state index contributed by atoms with van der Waals surface area (Å²) in [6.45, 7) is 2.52. The number of hydrogen-bond acceptors (Lipinski definition) is 3. The van der Waals surface area contributed by atoms with Crippen LogP contribution in [0.2, 0.25) is 0 Å². The van der Waals surface area contributed by atoms with Crippen molar-refractivity contribution in [3.8, 4) is 0 Å². The van der Waals surface area contributed by atoms with Crippen molar-refractivity contribution in [2.45, 2.75) is 44.8 Å². The standard InChI is InChI=1S/C18H24N4O3/c1-14(12-22-10-9-19-13-22)20-18(25)21-16(7-8-17(23)24)11-15-5-3-2-4-6-15/h2-6,9-10,13-14,16H,7-8,11-12H2,1H3,(H,23,24)(H2,20,21,25). The van der Waals surface area contributed by atoms with Crippen molar-refractivity contribution in [1.29, 1.82) is 0 Å². The van der Waals surface area contributed by atoms with E-state index >= 15 is 0 Å². The number of urea groups is 1. The van der Waals surface area contributed by atoms with Gasteiger partial charge in [0.2, 0.25) is 0 Å². The van der Waals surface area contributed by atoms with Crippen molar-refractivity contribution in [3.63, 3.8) is 0 Å². The summed E-state index contributed by atoms with van der Waals surface area (Å²) in [7, 11) is 0. The maximum atomic E-state index is 12.2. The van der Waals surface area contributed by atoms with Crippen LogP contribution in [0.15, 0.2) is 49.1 Å². The fraction of sp³-hybridized carbons (Fsp3) is 0.389. The maximum absolute atomic E-state index is 12.2. The Morgan fingerprint density at radius 2 is 2.00 bits per heavy atom. The van der Waals surface area contributed by atoms with Crippen LogP contribution in [0.3, 0.4) is 0 Å². The van der Waals surface area contributed by atoms with Gasteiger partial charge in [-0.1, -0.05) is 30.3 Å². The van der Waals surface area contributed by atoms with Crippen molar-refractivity contribution in [2.24, 2.45) is 0 Å². The van der Waals surface area contributed by atoms with Crippen LogP contribution >= 0.6 is 0 Å². The molecule has 3 N–H and O–H groups in total. The molecule has 25 heavy (non-hydrogen) atoms. The van der Waals surface area contributed by atoms with E-state index in [9.17, 15) is 9.59 Å². The quantitative estimate of drug-likeness (QED) is 0.649. The average molecular weight is 344 g/mol. The van der Waals surface area contributed by atoms with Gasteiger partial charge in [0, 0.05) is 37.4 Å². The third-order valence-electron chi connectivity index (χ3n) is 3.79. The molecule has 7 nitrogen and oxygen atoms in total. The number of carbonyl (C=O) groups excluding carboxylic acids is 1. The van der Waals surface area contributed by atoms with E-state index in [1.807, 2.05) is 48.0 Å². The van der Waals surface area contributed by atoms with Gasteiger partial charge in [0.1, 0.15) is 0 Å². The number of rotatable bonds is 9. The van der Waals surface area contributed by atoms with Crippen LogP contribution in [0, 0.1) is 0 Å². The molecule has 2 aromatic rings. The SMILES string of the molecule is CC(Cn1ccnc1)NC(=O)NC(CCC(=O)O)Cc1ccccc1. The van der Waals surface area contributed by atoms with Crippen molar-refractivity contribution in [1.82, 2.24) is 20.2 Å². The van der Waals surface area contributed by atoms with Gasteiger partial charge in [-0.05, 0) is 25.3 Å². The van der Waals surface area contributed by atoms with E-state index < -0.39 is 5.97 Å². The van der Waals surface area contributed by atoms with Gasteiger partial charge in [0.25, 0.3) is 0 Å². The van der Waals surface area contributed by atoms with Crippen LogP contribution < -0.4 is 10.6 Å². The summed E-state index contributed by atoms with van der Waals surface area (Å²) < 4.78 is 1.89. The van der Waals surface area contributed by atoms with Crippen molar-refractivity contribution in [3.05, 3.63) is 54.6 Å². The number of aromatic nitrogens is 2. The third-order valence-corrected chi connectivity index (χ3v) is 3.79. The highest BCUT2D eigenvalue weighted by molar-refractivity contribution is 5.74. The highest BCUT2D eigenvalue weighted by Crippen LogP contribution is 2.08. The molecule has 0 fully saturated rings. The first-order valence-corrected chi connectivity index (χ1v) is 8.31. The second kappa shape index (κ2) is 9.46. The highest BCUT2D eigenvalue weighted by Gasteiger charge is 2.16. The van der Waals surface area contributed by atoms with Crippen molar-refractivity contribution >= 4 is 12.0 Å². The Morgan fingerprint density at radius 3 is 2.64 bits per heavy atom. The van der Waals surface area contributed by atoms with E-state index in [4.69, 9.17) is 5.11 Å². The van der Waals surface area contributed by atoms with Gasteiger partial charge < -0.3 is 20.3 Å². The number of benzene rings is 1. The van der Waals surface area contributed by atoms with Gasteiger partial charge in [0.05, 0.1) is 6.33 Å². The molecule has 0 aliphatic carbocycles. The number of carbonyl (C=O) groups is 2. The van der Waals surface area contributed by atoms with Gasteiger partial charge in [-0.15, -0.1) is 0 Å². The maximum Gasteiger partial charge on any atom is 0.315 e. The molecule has 0 radical (unpaired) electrons. The molecule has 2 atom stereocenters. The van der Waals surface area contributed by atoms with E-state index in [0.29, 0.717) is 19.4 Å². The Kier molecular flexibility index (Phi) is 7.00. The molecule has 2 unspecified atom stereocenters. The molecule has 0 saturated carbocycles. The predicted molar refractivity (Wildman–Crippen MR) is 94.2 cm³/mol. The zero-order valence-corrected chi connectivity index (χ0v) is 14.3. The Balaban J connectivity index is 1.87. The lowest BCUT2D eigenvalue weighted by molar-refractivity contribution is -0.137. The van der Waals surface area contributed by atoms with Gasteiger partial charge in [0.15, 0.2) is 0 Å². The Morgan fingerprint density at radius 1 is 1.24 bits per heavy atom. The minimum absolute atomic E-state index is 0.0162. The molecule has 0 saturated heterocycles. The van der Waals surface area contributed by atoms with Gasteiger partial charge in [-0.2, -0.15) is 0 Å². The molecule has 1 aromatic carbocycles. The van der Waals surface area contributed by atoms with Gasteiger partial charge >= 0.3 is 12.0 Å². The van der Waals surface area contributed by atoms with E-state index in [-0.39, 0.29) is 24.5 Å². The zero-order chi connectivity index (χ0) is 18.1. The molecule has 2 rings (SSSR count). The molecule has 7 heteroatoms. The molecular weight excluding hydrogens is 320 g/mol.